The molecule has 2 aromatic rings. The smallest absolute Gasteiger partial charge is 0.308 e. The highest BCUT2D eigenvalue weighted by molar-refractivity contribution is 6.07. The summed E-state index contributed by atoms with van der Waals surface area (Å²) in [5, 5.41) is 4.71. The first-order valence-electron chi connectivity index (χ1n) is 5.18. The van der Waals surface area contributed by atoms with E-state index in [0.717, 1.165) is 0 Å². The number of hydrogen-bond donors (Lipinski definition) is 2. The summed E-state index contributed by atoms with van der Waals surface area (Å²) in [6.45, 7) is 0. The Morgan fingerprint density at radius 1 is 1.00 bits per heavy atom. The van der Waals surface area contributed by atoms with E-state index in [4.69, 9.17) is 0 Å². The number of anilines is 1. The van der Waals surface area contributed by atoms with Crippen molar-refractivity contribution in [2.75, 3.05) is 5.32 Å². The molecule has 0 atom stereocenters. The standard InChI is InChI=1S/C12H10N4O2/c17-11(9-2-1-5-14-8-9)16-12(18)15-10-3-6-13-7-4-10/h1-8H,(H2,13,15,16,17,18). The monoisotopic (exact) mass is 242 g/mol. The zero-order valence-electron chi connectivity index (χ0n) is 9.33. The fraction of sp³-hybridized carbons (Fsp3) is 0. The van der Waals surface area contributed by atoms with Crippen LogP contribution in [-0.4, -0.2) is 21.9 Å². The summed E-state index contributed by atoms with van der Waals surface area (Å²) in [6.07, 6.45) is 6.01. The van der Waals surface area contributed by atoms with Gasteiger partial charge in [-0.25, -0.2) is 4.79 Å². The van der Waals surface area contributed by atoms with E-state index in [-0.39, 0.29) is 0 Å². The molecular formula is C12H10N4O2. The number of rotatable bonds is 2. The molecule has 2 aromatic heterocycles. The number of urea groups is 1. The van der Waals surface area contributed by atoms with E-state index in [1.807, 2.05) is 0 Å². The van der Waals surface area contributed by atoms with Gasteiger partial charge in [-0.05, 0) is 24.3 Å². The molecule has 0 aromatic carbocycles. The Labute approximate surface area is 103 Å². The predicted octanol–water partition coefficient (Wildman–Crippen LogP) is 1.44. The first kappa shape index (κ1) is 11.7. The van der Waals surface area contributed by atoms with Gasteiger partial charge in [0.25, 0.3) is 5.91 Å². The van der Waals surface area contributed by atoms with Crippen molar-refractivity contribution in [3.63, 3.8) is 0 Å². The van der Waals surface area contributed by atoms with Gasteiger partial charge in [-0.15, -0.1) is 0 Å². The van der Waals surface area contributed by atoms with Crippen molar-refractivity contribution in [3.05, 3.63) is 54.6 Å². The van der Waals surface area contributed by atoms with Gasteiger partial charge >= 0.3 is 6.03 Å². The van der Waals surface area contributed by atoms with Gasteiger partial charge < -0.3 is 5.32 Å². The van der Waals surface area contributed by atoms with Gasteiger partial charge in [0, 0.05) is 30.5 Å². The molecule has 6 nitrogen and oxygen atoms in total. The minimum Gasteiger partial charge on any atom is -0.308 e. The number of amides is 3. The van der Waals surface area contributed by atoms with Crippen LogP contribution in [0, 0.1) is 0 Å². The summed E-state index contributed by atoms with van der Waals surface area (Å²) < 4.78 is 0. The first-order chi connectivity index (χ1) is 8.75. The molecular weight excluding hydrogens is 232 g/mol. The van der Waals surface area contributed by atoms with Crippen molar-refractivity contribution in [1.82, 2.24) is 15.3 Å². The maximum atomic E-state index is 11.6. The molecule has 90 valence electrons. The lowest BCUT2D eigenvalue weighted by molar-refractivity contribution is 0.0967. The fourth-order valence-electron chi connectivity index (χ4n) is 1.27. The molecule has 18 heavy (non-hydrogen) atoms. The summed E-state index contributed by atoms with van der Waals surface area (Å²) in [5.74, 6) is -0.505. The van der Waals surface area contributed by atoms with Crippen LogP contribution in [0.3, 0.4) is 0 Å². The molecule has 0 fully saturated rings. The molecule has 0 unspecified atom stereocenters. The van der Waals surface area contributed by atoms with E-state index in [1.54, 1.807) is 42.9 Å². The molecule has 0 aliphatic heterocycles. The van der Waals surface area contributed by atoms with Gasteiger partial charge in [0.2, 0.25) is 0 Å². The molecule has 0 saturated heterocycles. The lowest BCUT2D eigenvalue weighted by Crippen LogP contribution is -2.34. The highest BCUT2D eigenvalue weighted by Crippen LogP contribution is 2.02. The van der Waals surface area contributed by atoms with Gasteiger partial charge in [-0.1, -0.05) is 0 Å². The molecule has 0 spiro atoms. The van der Waals surface area contributed by atoms with Gasteiger partial charge in [0.05, 0.1) is 5.56 Å². The van der Waals surface area contributed by atoms with Crippen LogP contribution in [0.25, 0.3) is 0 Å². The van der Waals surface area contributed by atoms with Crippen LogP contribution in [0.15, 0.2) is 49.1 Å². The molecule has 0 bridgehead atoms. The van der Waals surface area contributed by atoms with Gasteiger partial charge in [-0.2, -0.15) is 0 Å². The van der Waals surface area contributed by atoms with Crippen molar-refractivity contribution >= 4 is 17.6 Å². The Bertz CT molecular complexity index is 543. The number of aromatic nitrogens is 2. The van der Waals surface area contributed by atoms with Crippen molar-refractivity contribution in [2.24, 2.45) is 0 Å². The summed E-state index contributed by atoms with van der Waals surface area (Å²) in [5.41, 5.74) is 0.879. The first-order valence-corrected chi connectivity index (χ1v) is 5.18. The fourth-order valence-corrected chi connectivity index (χ4v) is 1.27. The van der Waals surface area contributed by atoms with E-state index < -0.39 is 11.9 Å². The van der Waals surface area contributed by atoms with Crippen LogP contribution >= 0.6 is 0 Å². The van der Waals surface area contributed by atoms with Crippen LogP contribution in [-0.2, 0) is 0 Å². The van der Waals surface area contributed by atoms with Crippen LogP contribution < -0.4 is 10.6 Å². The number of carbonyl (C=O) groups excluding carboxylic acids is 2. The molecule has 0 saturated carbocycles. The highest BCUT2D eigenvalue weighted by atomic mass is 16.2. The second-order valence-electron chi connectivity index (χ2n) is 3.39. The van der Waals surface area contributed by atoms with Crippen molar-refractivity contribution < 1.29 is 9.59 Å². The number of imide groups is 1. The lowest BCUT2D eigenvalue weighted by atomic mass is 10.3. The Kier molecular flexibility index (Phi) is 3.60. The van der Waals surface area contributed by atoms with Crippen molar-refractivity contribution in [2.45, 2.75) is 0 Å². The largest absolute Gasteiger partial charge is 0.326 e. The maximum absolute atomic E-state index is 11.6. The minimum atomic E-state index is -0.602. The zero-order chi connectivity index (χ0) is 12.8. The van der Waals surface area contributed by atoms with Crippen LogP contribution in [0.5, 0.6) is 0 Å². The molecule has 2 N–H and O–H groups in total. The maximum Gasteiger partial charge on any atom is 0.326 e. The normalized spacial score (nSPS) is 9.56. The second-order valence-corrected chi connectivity index (χ2v) is 3.39. The Hall–Kier alpha value is -2.76. The summed E-state index contributed by atoms with van der Waals surface area (Å²) in [4.78, 5) is 30.7. The highest BCUT2D eigenvalue weighted by Gasteiger charge is 2.09. The summed E-state index contributed by atoms with van der Waals surface area (Å²) in [6, 6.07) is 5.83. The lowest BCUT2D eigenvalue weighted by Gasteiger charge is -2.05. The Morgan fingerprint density at radius 3 is 2.44 bits per heavy atom. The number of nitrogens with zero attached hydrogens (tertiary/aromatic N) is 2. The Morgan fingerprint density at radius 2 is 1.78 bits per heavy atom. The SMILES string of the molecule is O=C(NC(=O)c1cccnc1)Nc1ccncc1. The molecule has 0 aliphatic carbocycles. The minimum absolute atomic E-state index is 0.322. The quantitative estimate of drug-likeness (QED) is 0.834. The van der Waals surface area contributed by atoms with Crippen LogP contribution in [0.2, 0.25) is 0 Å². The zero-order valence-corrected chi connectivity index (χ0v) is 9.33. The average molecular weight is 242 g/mol. The average Bonchev–Trinajstić information content (AvgIpc) is 2.40. The molecule has 2 heterocycles. The Balaban J connectivity index is 1.94. The van der Waals surface area contributed by atoms with E-state index in [1.165, 1.54) is 6.20 Å². The third kappa shape index (κ3) is 3.11. The number of carbonyl (C=O) groups is 2. The van der Waals surface area contributed by atoms with E-state index in [2.05, 4.69) is 20.6 Å². The predicted molar refractivity (Wildman–Crippen MR) is 65.0 cm³/mol. The van der Waals surface area contributed by atoms with Gasteiger partial charge in [0.1, 0.15) is 0 Å². The third-order valence-corrected chi connectivity index (χ3v) is 2.09. The molecule has 3 amide bonds. The molecule has 0 radical (unpaired) electrons. The number of hydrogen-bond acceptors (Lipinski definition) is 4. The summed E-state index contributed by atoms with van der Waals surface area (Å²) in [7, 11) is 0. The van der Waals surface area contributed by atoms with E-state index in [9.17, 15) is 9.59 Å². The molecule has 0 aliphatic rings. The van der Waals surface area contributed by atoms with Crippen molar-refractivity contribution in [3.8, 4) is 0 Å². The third-order valence-electron chi connectivity index (χ3n) is 2.09. The van der Waals surface area contributed by atoms with Crippen LogP contribution in [0.4, 0.5) is 10.5 Å². The van der Waals surface area contributed by atoms with Gasteiger partial charge in [-0.3, -0.25) is 20.1 Å². The second kappa shape index (κ2) is 5.53. The number of nitrogens with one attached hydrogen (secondary N) is 2. The van der Waals surface area contributed by atoms with Crippen molar-refractivity contribution in [1.29, 1.82) is 0 Å². The van der Waals surface area contributed by atoms with E-state index >= 15 is 0 Å². The van der Waals surface area contributed by atoms with Crippen LogP contribution in [0.1, 0.15) is 10.4 Å². The summed E-state index contributed by atoms with van der Waals surface area (Å²) >= 11 is 0. The molecule has 6 heteroatoms. The topological polar surface area (TPSA) is 84.0 Å². The van der Waals surface area contributed by atoms with Gasteiger partial charge in [0.15, 0.2) is 0 Å². The molecule has 2 rings (SSSR count). The number of pyridine rings is 2. The van der Waals surface area contributed by atoms with E-state index in [0.29, 0.717) is 11.3 Å².